The van der Waals surface area contributed by atoms with Gasteiger partial charge in [-0.15, -0.1) is 0 Å². The standard InChI is InChI=1S/C34H37N7O3S/c1-22-27-19-36-41(31(27)17-29(37-22)28-18-35-13-12-32(28)44-3)34-16-26(40-20-25(23(40)2)21-45(4,42)43)15-33(38-34)39-14-8-11-30(39)24-9-6-5-7-10-24/h5-7,9-10,12-13,15-19,23,25,30H,8,11,14,20-21H2,1-4H3/t23-,25-,30?/m1/s1. The fourth-order valence-corrected chi connectivity index (χ4v) is 7.99. The lowest BCUT2D eigenvalue weighted by molar-refractivity contribution is 0.341. The molecule has 1 aromatic carbocycles. The van der Waals surface area contributed by atoms with E-state index in [1.165, 1.54) is 11.8 Å². The molecule has 3 atom stereocenters. The summed E-state index contributed by atoms with van der Waals surface area (Å²) < 4.78 is 31.7. The Kier molecular flexibility index (Phi) is 7.43. The van der Waals surface area contributed by atoms with Crippen molar-refractivity contribution in [1.29, 1.82) is 0 Å². The first-order valence-electron chi connectivity index (χ1n) is 15.3. The van der Waals surface area contributed by atoms with Gasteiger partial charge in [0, 0.05) is 72.6 Å². The summed E-state index contributed by atoms with van der Waals surface area (Å²) in [5, 5.41) is 5.76. The highest BCUT2D eigenvalue weighted by atomic mass is 32.2. The molecule has 1 unspecified atom stereocenters. The van der Waals surface area contributed by atoms with E-state index in [0.717, 1.165) is 58.7 Å². The Bertz CT molecular complexity index is 1980. The van der Waals surface area contributed by atoms with Gasteiger partial charge in [0.2, 0.25) is 0 Å². The average molecular weight is 624 g/mol. The van der Waals surface area contributed by atoms with Crippen molar-refractivity contribution in [3.05, 3.63) is 84.4 Å². The highest BCUT2D eigenvalue weighted by molar-refractivity contribution is 7.90. The summed E-state index contributed by atoms with van der Waals surface area (Å²) in [5.41, 5.74) is 5.55. The van der Waals surface area contributed by atoms with Crippen molar-refractivity contribution < 1.29 is 13.2 Å². The minimum Gasteiger partial charge on any atom is -0.496 e. The second-order valence-electron chi connectivity index (χ2n) is 12.2. The predicted octanol–water partition coefficient (Wildman–Crippen LogP) is 5.41. The van der Waals surface area contributed by atoms with Gasteiger partial charge in [0.15, 0.2) is 5.82 Å². The molecule has 6 heterocycles. The van der Waals surface area contributed by atoms with Crippen molar-refractivity contribution in [2.45, 2.75) is 38.8 Å². The molecule has 0 radical (unpaired) electrons. The molecular formula is C34H37N7O3S. The zero-order chi connectivity index (χ0) is 31.3. The van der Waals surface area contributed by atoms with E-state index in [2.05, 4.69) is 58.1 Å². The minimum absolute atomic E-state index is 0.0804. The van der Waals surface area contributed by atoms with Crippen LogP contribution in [0.1, 0.15) is 37.1 Å². The SMILES string of the molecule is COc1ccncc1-c1cc2c(cnn2-c2cc(N3C[C@H](CS(C)(=O)=O)[C@H]3C)cc(N3CCCC3c3ccccc3)n2)c(C)n1. The lowest BCUT2D eigenvalue weighted by Gasteiger charge is -2.48. The first-order valence-corrected chi connectivity index (χ1v) is 17.4. The van der Waals surface area contributed by atoms with Crippen molar-refractivity contribution in [2.75, 3.05) is 42.0 Å². The molecule has 0 N–H and O–H groups in total. The highest BCUT2D eigenvalue weighted by Crippen LogP contribution is 2.40. The fraction of sp³-hybridized carbons (Fsp3) is 0.353. The lowest BCUT2D eigenvalue weighted by atomic mass is 9.91. The molecule has 0 amide bonds. The van der Waals surface area contributed by atoms with E-state index in [4.69, 9.17) is 19.8 Å². The summed E-state index contributed by atoms with van der Waals surface area (Å²) in [6.07, 6.45) is 8.74. The summed E-state index contributed by atoms with van der Waals surface area (Å²) in [7, 11) is -1.42. The number of hydrogen-bond donors (Lipinski definition) is 0. The van der Waals surface area contributed by atoms with Crippen LogP contribution in [-0.4, -0.2) is 71.4 Å². The number of sulfone groups is 1. The van der Waals surface area contributed by atoms with Crippen LogP contribution in [0, 0.1) is 12.8 Å². The Hall–Kier alpha value is -4.51. The van der Waals surface area contributed by atoms with Gasteiger partial charge in [0.1, 0.15) is 21.4 Å². The first kappa shape index (κ1) is 29.2. The molecule has 0 bridgehead atoms. The van der Waals surface area contributed by atoms with E-state index in [-0.39, 0.29) is 23.8 Å². The maximum absolute atomic E-state index is 12.1. The van der Waals surface area contributed by atoms with Gasteiger partial charge in [-0.1, -0.05) is 30.3 Å². The van der Waals surface area contributed by atoms with Crippen LogP contribution < -0.4 is 14.5 Å². The van der Waals surface area contributed by atoms with Crippen molar-refractivity contribution in [3.8, 4) is 22.8 Å². The number of methoxy groups -OCH3 is 1. The number of nitrogens with zero attached hydrogens (tertiary/aromatic N) is 7. The molecule has 10 nitrogen and oxygen atoms in total. The number of aromatic nitrogens is 5. The maximum Gasteiger partial charge on any atom is 0.158 e. The Morgan fingerprint density at radius 1 is 1.00 bits per heavy atom. The topological polar surface area (TPSA) is 106 Å². The van der Waals surface area contributed by atoms with Gasteiger partial charge in [-0.2, -0.15) is 5.10 Å². The summed E-state index contributed by atoms with van der Waals surface area (Å²) in [6.45, 7) is 5.66. The number of rotatable bonds is 8. The fourth-order valence-electron chi connectivity index (χ4n) is 6.83. The molecule has 45 heavy (non-hydrogen) atoms. The number of anilines is 2. The van der Waals surface area contributed by atoms with Crippen LogP contribution in [-0.2, 0) is 9.84 Å². The van der Waals surface area contributed by atoms with Crippen molar-refractivity contribution in [1.82, 2.24) is 24.7 Å². The molecule has 0 saturated carbocycles. The molecule has 2 aliphatic heterocycles. The maximum atomic E-state index is 12.1. The van der Waals surface area contributed by atoms with E-state index in [0.29, 0.717) is 18.1 Å². The molecule has 11 heteroatoms. The van der Waals surface area contributed by atoms with Crippen LogP contribution in [0.3, 0.4) is 0 Å². The van der Waals surface area contributed by atoms with E-state index in [1.807, 2.05) is 36.0 Å². The molecule has 232 valence electrons. The third-order valence-electron chi connectivity index (χ3n) is 9.22. The number of pyridine rings is 3. The summed E-state index contributed by atoms with van der Waals surface area (Å²) in [4.78, 5) is 19.1. The quantitative estimate of drug-likeness (QED) is 0.224. The van der Waals surface area contributed by atoms with Crippen LogP contribution >= 0.6 is 0 Å². The molecular weight excluding hydrogens is 586 g/mol. The van der Waals surface area contributed by atoms with Crippen LogP contribution in [0.25, 0.3) is 28.0 Å². The number of hydrogen-bond acceptors (Lipinski definition) is 9. The van der Waals surface area contributed by atoms with Gasteiger partial charge < -0.3 is 14.5 Å². The summed E-state index contributed by atoms with van der Waals surface area (Å²) >= 11 is 0. The Labute approximate surface area is 263 Å². The monoisotopic (exact) mass is 623 g/mol. The van der Waals surface area contributed by atoms with Crippen molar-refractivity contribution >= 4 is 32.2 Å². The van der Waals surface area contributed by atoms with Gasteiger partial charge in [-0.3, -0.25) is 9.97 Å². The van der Waals surface area contributed by atoms with E-state index >= 15 is 0 Å². The molecule has 2 fully saturated rings. The van der Waals surface area contributed by atoms with E-state index in [1.54, 1.807) is 19.5 Å². The van der Waals surface area contributed by atoms with Gasteiger partial charge in [-0.25, -0.2) is 18.1 Å². The molecule has 2 aliphatic rings. The van der Waals surface area contributed by atoms with Crippen LogP contribution in [0.15, 0.2) is 73.2 Å². The highest BCUT2D eigenvalue weighted by Gasteiger charge is 2.38. The van der Waals surface area contributed by atoms with Crippen LogP contribution in [0.2, 0.25) is 0 Å². The Morgan fingerprint density at radius 3 is 2.56 bits per heavy atom. The normalized spacial score (nSPS) is 20.0. The molecule has 5 aromatic rings. The van der Waals surface area contributed by atoms with Crippen LogP contribution in [0.4, 0.5) is 11.5 Å². The Morgan fingerprint density at radius 2 is 1.80 bits per heavy atom. The number of fused-ring (bicyclic) bond motifs is 1. The molecule has 7 rings (SSSR count). The summed E-state index contributed by atoms with van der Waals surface area (Å²) in [5.74, 6) is 2.55. The van der Waals surface area contributed by atoms with E-state index in [9.17, 15) is 8.42 Å². The molecule has 4 aromatic heterocycles. The van der Waals surface area contributed by atoms with Gasteiger partial charge >= 0.3 is 0 Å². The first-order chi connectivity index (χ1) is 21.7. The second kappa shape index (κ2) is 11.4. The smallest absolute Gasteiger partial charge is 0.158 e. The van der Waals surface area contributed by atoms with Gasteiger partial charge in [-0.05, 0) is 44.4 Å². The number of ether oxygens (including phenoxy) is 1. The van der Waals surface area contributed by atoms with Gasteiger partial charge in [0.25, 0.3) is 0 Å². The Balaban J connectivity index is 1.35. The lowest BCUT2D eigenvalue weighted by Crippen LogP contribution is -2.57. The zero-order valence-corrected chi connectivity index (χ0v) is 26.8. The second-order valence-corrected chi connectivity index (χ2v) is 14.4. The molecule has 2 saturated heterocycles. The van der Waals surface area contributed by atoms with Gasteiger partial charge in [0.05, 0.1) is 41.9 Å². The number of benzene rings is 1. The minimum atomic E-state index is -3.07. The number of aryl methyl sites for hydroxylation is 1. The predicted molar refractivity (Wildman–Crippen MR) is 177 cm³/mol. The molecule has 0 spiro atoms. The third kappa shape index (κ3) is 5.50. The zero-order valence-electron chi connectivity index (χ0n) is 26.0. The average Bonchev–Trinajstić information content (AvgIpc) is 3.71. The molecule has 0 aliphatic carbocycles. The van der Waals surface area contributed by atoms with Crippen molar-refractivity contribution in [2.24, 2.45) is 5.92 Å². The van der Waals surface area contributed by atoms with Crippen LogP contribution in [0.5, 0.6) is 5.75 Å². The largest absolute Gasteiger partial charge is 0.496 e. The summed E-state index contributed by atoms with van der Waals surface area (Å²) in [6, 6.07) is 19.0. The van der Waals surface area contributed by atoms with Crippen molar-refractivity contribution in [3.63, 3.8) is 0 Å². The third-order valence-corrected chi connectivity index (χ3v) is 10.3. The van der Waals surface area contributed by atoms with E-state index < -0.39 is 9.84 Å².